The van der Waals surface area contributed by atoms with Gasteiger partial charge in [-0.3, -0.25) is 0 Å². The number of fused-ring (bicyclic) bond motifs is 1. The standard InChI is InChI=1S/C12H13ClN6O2S3/c1-5(3-20)14-9-7-10(17-12(21-2)23-7)16-11(15-9)22-4-6-8(13)24-19-18-6/h5,20H,3-4H2,1-2H3,(H,14,15,16)/t5-/m1/s1. The Bertz CT molecular complexity index is 841. The second-order valence-electron chi connectivity index (χ2n) is 4.70. The van der Waals surface area contributed by atoms with E-state index in [-0.39, 0.29) is 12.6 Å². The number of thiazole rings is 1. The van der Waals surface area contributed by atoms with Crippen LogP contribution in [0.5, 0.6) is 5.19 Å². The molecule has 0 aliphatic rings. The molecule has 128 valence electrons. The minimum absolute atomic E-state index is 0.00991. The van der Waals surface area contributed by atoms with Crippen LogP contribution < -0.4 is 10.1 Å². The number of rotatable bonds is 7. The number of aliphatic hydroxyl groups excluding tert-OH is 1. The lowest BCUT2D eigenvalue weighted by molar-refractivity contribution is 0.281. The van der Waals surface area contributed by atoms with Gasteiger partial charge in [0, 0.05) is 23.3 Å². The highest BCUT2D eigenvalue weighted by Crippen LogP contribution is 2.34. The van der Waals surface area contributed by atoms with Crippen LogP contribution in [0.3, 0.4) is 0 Å². The van der Waals surface area contributed by atoms with Gasteiger partial charge in [0.25, 0.3) is 5.19 Å². The van der Waals surface area contributed by atoms with E-state index in [9.17, 15) is 5.11 Å². The highest BCUT2D eigenvalue weighted by Gasteiger charge is 2.16. The first kappa shape index (κ1) is 17.5. The molecule has 0 aromatic carbocycles. The van der Waals surface area contributed by atoms with E-state index in [1.807, 2.05) is 6.92 Å². The largest absolute Gasteiger partial charge is 0.473 e. The van der Waals surface area contributed by atoms with Gasteiger partial charge < -0.3 is 15.2 Å². The summed E-state index contributed by atoms with van der Waals surface area (Å²) in [6, 6.07) is -0.147. The van der Waals surface area contributed by atoms with Crippen LogP contribution in [0.25, 0.3) is 10.3 Å². The fourth-order valence-corrected chi connectivity index (χ4v) is 4.08. The predicted octanol–water partition coefficient (Wildman–Crippen LogP) is 2.68. The summed E-state index contributed by atoms with van der Waals surface area (Å²) >= 11 is 9.90. The van der Waals surface area contributed by atoms with Gasteiger partial charge in [0.05, 0.1) is 13.7 Å². The minimum Gasteiger partial charge on any atom is -0.473 e. The number of hydrogen-bond acceptors (Lipinski definition) is 11. The second-order valence-corrected chi connectivity index (χ2v) is 7.96. The molecule has 0 saturated carbocycles. The van der Waals surface area contributed by atoms with Crippen molar-refractivity contribution in [1.29, 1.82) is 0 Å². The number of thioether (sulfide) groups is 1. The maximum absolute atomic E-state index is 9.27. The molecule has 0 radical (unpaired) electrons. The average Bonchev–Trinajstić information content (AvgIpc) is 3.18. The van der Waals surface area contributed by atoms with E-state index in [1.54, 1.807) is 7.11 Å². The Hall–Kier alpha value is -1.27. The zero-order chi connectivity index (χ0) is 17.1. The first-order valence-electron chi connectivity index (χ1n) is 6.80. The predicted molar refractivity (Wildman–Crippen MR) is 96.4 cm³/mol. The average molecular weight is 405 g/mol. The first-order valence-corrected chi connectivity index (χ1v) is 9.75. The Labute approximate surface area is 154 Å². The normalized spacial score (nSPS) is 12.5. The molecule has 0 unspecified atom stereocenters. The lowest BCUT2D eigenvalue weighted by Crippen LogP contribution is -2.20. The van der Waals surface area contributed by atoms with E-state index < -0.39 is 0 Å². The third kappa shape index (κ3) is 3.86. The molecule has 0 spiro atoms. The summed E-state index contributed by atoms with van der Waals surface area (Å²) in [7, 11) is 1.56. The first-order chi connectivity index (χ1) is 11.6. The van der Waals surface area contributed by atoms with Gasteiger partial charge in [-0.05, 0) is 6.92 Å². The SMILES string of the molecule is COc1nc2nc(SCc3nnsc3Cl)nc(N[C@H](C)CO)c2s1. The van der Waals surface area contributed by atoms with E-state index >= 15 is 0 Å². The van der Waals surface area contributed by atoms with Crippen LogP contribution in [0.4, 0.5) is 5.82 Å². The molecule has 8 nitrogen and oxygen atoms in total. The van der Waals surface area contributed by atoms with Crippen LogP contribution in [0.2, 0.25) is 4.34 Å². The van der Waals surface area contributed by atoms with Crippen LogP contribution in [0.1, 0.15) is 12.6 Å². The van der Waals surface area contributed by atoms with Crippen molar-refractivity contribution in [3.63, 3.8) is 0 Å². The second kappa shape index (κ2) is 7.74. The number of aliphatic hydroxyl groups is 1. The number of ether oxygens (including phenoxy) is 1. The Kier molecular flexibility index (Phi) is 5.66. The van der Waals surface area contributed by atoms with Gasteiger partial charge in [0.2, 0.25) is 0 Å². The lowest BCUT2D eigenvalue weighted by Gasteiger charge is -2.12. The van der Waals surface area contributed by atoms with Gasteiger partial charge in [-0.15, -0.1) is 5.10 Å². The molecule has 3 aromatic heterocycles. The van der Waals surface area contributed by atoms with Gasteiger partial charge in [0.15, 0.2) is 16.6 Å². The summed E-state index contributed by atoms with van der Waals surface area (Å²) < 4.78 is 10.3. The fourth-order valence-electron chi connectivity index (χ4n) is 1.73. The number of nitrogens with one attached hydrogen (secondary N) is 1. The third-order valence-electron chi connectivity index (χ3n) is 2.89. The number of anilines is 1. The van der Waals surface area contributed by atoms with Crippen LogP contribution in [0, 0.1) is 0 Å². The molecule has 0 saturated heterocycles. The monoisotopic (exact) mass is 404 g/mol. The molecule has 0 aliphatic carbocycles. The zero-order valence-corrected chi connectivity index (χ0v) is 15.9. The molecule has 2 N–H and O–H groups in total. The maximum atomic E-state index is 9.27. The van der Waals surface area contributed by atoms with Crippen molar-refractivity contribution in [3.8, 4) is 5.19 Å². The van der Waals surface area contributed by atoms with E-state index in [4.69, 9.17) is 16.3 Å². The molecule has 1 atom stereocenters. The molecule has 0 aliphatic heterocycles. The minimum atomic E-state index is -0.147. The van der Waals surface area contributed by atoms with Crippen LogP contribution in [-0.2, 0) is 5.75 Å². The molecule has 3 aromatic rings. The number of methoxy groups -OCH3 is 1. The Morgan fingerprint density at radius 1 is 1.38 bits per heavy atom. The highest BCUT2D eigenvalue weighted by molar-refractivity contribution is 7.98. The van der Waals surface area contributed by atoms with Crippen LogP contribution in [-0.4, -0.2) is 49.4 Å². The molecule has 3 heterocycles. The van der Waals surface area contributed by atoms with E-state index in [2.05, 4.69) is 29.9 Å². The Morgan fingerprint density at radius 2 is 2.21 bits per heavy atom. The molecular formula is C12H13ClN6O2S3. The smallest absolute Gasteiger partial charge is 0.275 e. The van der Waals surface area contributed by atoms with Gasteiger partial charge in [-0.25, -0.2) is 9.97 Å². The summed E-state index contributed by atoms with van der Waals surface area (Å²) in [5, 5.41) is 17.5. The van der Waals surface area contributed by atoms with Gasteiger partial charge in [-0.2, -0.15) is 4.98 Å². The number of halogens is 1. The quantitative estimate of drug-likeness (QED) is 0.454. The molecule has 0 fully saturated rings. The van der Waals surface area contributed by atoms with Crippen molar-refractivity contribution in [2.45, 2.75) is 23.9 Å². The molecule has 3 rings (SSSR count). The van der Waals surface area contributed by atoms with E-state index in [0.29, 0.717) is 37.6 Å². The van der Waals surface area contributed by atoms with Crippen molar-refractivity contribution in [2.24, 2.45) is 0 Å². The topological polar surface area (TPSA) is 106 Å². The fraction of sp³-hybridized carbons (Fsp3) is 0.417. The molecule has 12 heteroatoms. The third-order valence-corrected chi connectivity index (χ3v) is 5.75. The van der Waals surface area contributed by atoms with Gasteiger partial charge >= 0.3 is 0 Å². The zero-order valence-electron chi connectivity index (χ0n) is 12.7. The Balaban J connectivity index is 1.91. The van der Waals surface area contributed by atoms with Crippen molar-refractivity contribution < 1.29 is 9.84 Å². The summed E-state index contributed by atoms with van der Waals surface area (Å²) in [5.74, 6) is 1.13. The van der Waals surface area contributed by atoms with Gasteiger partial charge in [-0.1, -0.05) is 39.2 Å². The summed E-state index contributed by atoms with van der Waals surface area (Å²) in [4.78, 5) is 13.3. The van der Waals surface area contributed by atoms with E-state index in [1.165, 1.54) is 23.1 Å². The van der Waals surface area contributed by atoms with Crippen molar-refractivity contribution in [1.82, 2.24) is 24.5 Å². The number of hydrogen-bond donors (Lipinski definition) is 2. The maximum Gasteiger partial charge on any atom is 0.275 e. The van der Waals surface area contributed by atoms with Crippen molar-refractivity contribution >= 4 is 62.4 Å². The number of aromatic nitrogens is 5. The summed E-state index contributed by atoms with van der Waals surface area (Å²) in [6.07, 6.45) is 0. The molecular weight excluding hydrogens is 392 g/mol. The van der Waals surface area contributed by atoms with Crippen molar-refractivity contribution in [2.75, 3.05) is 19.0 Å². The summed E-state index contributed by atoms with van der Waals surface area (Å²) in [5.41, 5.74) is 1.24. The lowest BCUT2D eigenvalue weighted by atomic mass is 10.3. The molecule has 0 amide bonds. The number of nitrogens with zero attached hydrogens (tertiary/aromatic N) is 5. The van der Waals surface area contributed by atoms with Crippen molar-refractivity contribution in [3.05, 3.63) is 10.0 Å². The summed E-state index contributed by atoms with van der Waals surface area (Å²) in [6.45, 7) is 1.85. The highest BCUT2D eigenvalue weighted by atomic mass is 35.5. The van der Waals surface area contributed by atoms with Crippen LogP contribution in [0.15, 0.2) is 5.16 Å². The van der Waals surface area contributed by atoms with Gasteiger partial charge in [0.1, 0.15) is 14.7 Å². The molecule has 24 heavy (non-hydrogen) atoms. The molecule has 0 bridgehead atoms. The van der Waals surface area contributed by atoms with E-state index in [0.717, 1.165) is 16.2 Å². The Morgan fingerprint density at radius 3 is 2.88 bits per heavy atom. The van der Waals surface area contributed by atoms with Crippen LogP contribution >= 0.6 is 46.2 Å².